The molecule has 1 aromatic carbocycles. The van der Waals surface area contributed by atoms with Crippen molar-refractivity contribution in [3.63, 3.8) is 0 Å². The van der Waals surface area contributed by atoms with Gasteiger partial charge in [-0.2, -0.15) is 0 Å². The van der Waals surface area contributed by atoms with E-state index in [9.17, 15) is 4.79 Å². The fourth-order valence-electron chi connectivity index (χ4n) is 2.99. The van der Waals surface area contributed by atoms with E-state index >= 15 is 0 Å². The molecule has 0 aromatic heterocycles. The standard InChI is InChI=1S/C15H20N2O/c18-15(17-9-7-12-5-3-8-16-12)14-10-11-4-1-2-6-13(11)14/h1-2,4,6,12,14,16H,3,5,7-10H2,(H,17,18)/t12-,14?/m1/s1. The van der Waals surface area contributed by atoms with Gasteiger partial charge in [-0.05, 0) is 43.4 Å². The van der Waals surface area contributed by atoms with Crippen LogP contribution in [0.25, 0.3) is 0 Å². The molecule has 1 heterocycles. The zero-order valence-electron chi connectivity index (χ0n) is 10.6. The first kappa shape index (κ1) is 11.7. The highest BCUT2D eigenvalue weighted by Crippen LogP contribution is 2.34. The second-order valence-electron chi connectivity index (χ2n) is 5.33. The summed E-state index contributed by atoms with van der Waals surface area (Å²) in [5, 5.41) is 6.53. The summed E-state index contributed by atoms with van der Waals surface area (Å²) in [5.41, 5.74) is 2.55. The second-order valence-corrected chi connectivity index (χ2v) is 5.33. The smallest absolute Gasteiger partial charge is 0.227 e. The number of hydrogen-bond acceptors (Lipinski definition) is 2. The van der Waals surface area contributed by atoms with E-state index in [-0.39, 0.29) is 11.8 Å². The number of fused-ring (bicyclic) bond motifs is 1. The first-order valence-electron chi connectivity index (χ1n) is 6.93. The van der Waals surface area contributed by atoms with E-state index in [2.05, 4.69) is 22.8 Å². The van der Waals surface area contributed by atoms with Crippen molar-refractivity contribution in [2.24, 2.45) is 0 Å². The molecule has 1 amide bonds. The number of rotatable bonds is 4. The van der Waals surface area contributed by atoms with Gasteiger partial charge in [-0.1, -0.05) is 24.3 Å². The molecule has 3 nitrogen and oxygen atoms in total. The van der Waals surface area contributed by atoms with Crippen LogP contribution in [-0.2, 0) is 11.2 Å². The van der Waals surface area contributed by atoms with Crippen LogP contribution in [0.15, 0.2) is 24.3 Å². The van der Waals surface area contributed by atoms with E-state index in [4.69, 9.17) is 0 Å². The highest BCUT2D eigenvalue weighted by Gasteiger charge is 2.31. The van der Waals surface area contributed by atoms with Gasteiger partial charge >= 0.3 is 0 Å². The van der Waals surface area contributed by atoms with Gasteiger partial charge < -0.3 is 10.6 Å². The van der Waals surface area contributed by atoms with Crippen molar-refractivity contribution in [1.82, 2.24) is 10.6 Å². The molecule has 1 saturated heterocycles. The van der Waals surface area contributed by atoms with Crippen LogP contribution >= 0.6 is 0 Å². The minimum atomic E-state index is 0.0951. The molecule has 3 heteroatoms. The maximum absolute atomic E-state index is 12.0. The molecule has 3 rings (SSSR count). The number of carbonyl (C=O) groups excluding carboxylic acids is 1. The zero-order chi connectivity index (χ0) is 12.4. The lowest BCUT2D eigenvalue weighted by Crippen LogP contribution is -2.37. The molecule has 1 fully saturated rings. The fourth-order valence-corrected chi connectivity index (χ4v) is 2.99. The summed E-state index contributed by atoms with van der Waals surface area (Å²) in [4.78, 5) is 12.0. The average molecular weight is 244 g/mol. The van der Waals surface area contributed by atoms with E-state index in [1.165, 1.54) is 24.0 Å². The van der Waals surface area contributed by atoms with E-state index in [0.29, 0.717) is 6.04 Å². The highest BCUT2D eigenvalue weighted by atomic mass is 16.1. The molecule has 2 atom stereocenters. The lowest BCUT2D eigenvalue weighted by Gasteiger charge is -2.29. The Labute approximate surface area is 108 Å². The molecular weight excluding hydrogens is 224 g/mol. The van der Waals surface area contributed by atoms with Crippen LogP contribution in [0.1, 0.15) is 36.3 Å². The molecule has 0 saturated carbocycles. The molecule has 18 heavy (non-hydrogen) atoms. The van der Waals surface area contributed by atoms with Gasteiger partial charge in [0, 0.05) is 12.6 Å². The number of amides is 1. The zero-order valence-corrected chi connectivity index (χ0v) is 10.6. The van der Waals surface area contributed by atoms with Gasteiger partial charge in [0.05, 0.1) is 5.92 Å². The van der Waals surface area contributed by atoms with Crippen molar-refractivity contribution in [2.45, 2.75) is 37.6 Å². The van der Waals surface area contributed by atoms with Crippen LogP contribution in [0.4, 0.5) is 0 Å². The van der Waals surface area contributed by atoms with Crippen molar-refractivity contribution in [2.75, 3.05) is 13.1 Å². The lowest BCUT2D eigenvalue weighted by atomic mass is 9.77. The Bertz CT molecular complexity index is 438. The first-order chi connectivity index (χ1) is 8.84. The molecule has 1 aliphatic heterocycles. The van der Waals surface area contributed by atoms with Gasteiger partial charge in [-0.15, -0.1) is 0 Å². The summed E-state index contributed by atoms with van der Waals surface area (Å²) in [7, 11) is 0. The van der Waals surface area contributed by atoms with Gasteiger partial charge in [-0.3, -0.25) is 4.79 Å². The topological polar surface area (TPSA) is 41.1 Å². The molecule has 2 N–H and O–H groups in total. The fraction of sp³-hybridized carbons (Fsp3) is 0.533. The molecule has 1 aromatic rings. The SMILES string of the molecule is O=C(NCC[C@H]1CCCN1)C1Cc2ccccc21. The van der Waals surface area contributed by atoms with Crippen molar-refractivity contribution in [3.8, 4) is 0 Å². The normalized spacial score (nSPS) is 25.3. The summed E-state index contributed by atoms with van der Waals surface area (Å²) in [5.74, 6) is 0.296. The van der Waals surface area contributed by atoms with Gasteiger partial charge in [0.2, 0.25) is 5.91 Å². The summed E-state index contributed by atoms with van der Waals surface area (Å²) < 4.78 is 0. The number of carbonyl (C=O) groups is 1. The van der Waals surface area contributed by atoms with Crippen LogP contribution in [-0.4, -0.2) is 25.0 Å². The Morgan fingerprint density at radius 2 is 2.28 bits per heavy atom. The van der Waals surface area contributed by atoms with Gasteiger partial charge in [0.1, 0.15) is 0 Å². The van der Waals surface area contributed by atoms with Crippen LogP contribution in [0.2, 0.25) is 0 Å². The van der Waals surface area contributed by atoms with E-state index < -0.39 is 0 Å². The molecule has 96 valence electrons. The lowest BCUT2D eigenvalue weighted by molar-refractivity contribution is -0.123. The van der Waals surface area contributed by atoms with Crippen LogP contribution < -0.4 is 10.6 Å². The number of nitrogens with one attached hydrogen (secondary N) is 2. The van der Waals surface area contributed by atoms with Crippen LogP contribution in [0, 0.1) is 0 Å². The van der Waals surface area contributed by atoms with Crippen LogP contribution in [0.3, 0.4) is 0 Å². The molecule has 0 bridgehead atoms. The summed E-state index contributed by atoms with van der Waals surface area (Å²) in [6.07, 6.45) is 4.49. The summed E-state index contributed by atoms with van der Waals surface area (Å²) in [6.45, 7) is 1.93. The van der Waals surface area contributed by atoms with Crippen LogP contribution in [0.5, 0.6) is 0 Å². The van der Waals surface area contributed by atoms with Gasteiger partial charge in [0.15, 0.2) is 0 Å². The van der Waals surface area contributed by atoms with Crippen molar-refractivity contribution in [3.05, 3.63) is 35.4 Å². The Hall–Kier alpha value is -1.35. The molecule has 0 radical (unpaired) electrons. The van der Waals surface area contributed by atoms with Crippen molar-refractivity contribution >= 4 is 5.91 Å². The van der Waals surface area contributed by atoms with E-state index in [0.717, 1.165) is 25.9 Å². The number of benzene rings is 1. The minimum absolute atomic E-state index is 0.0951. The number of hydrogen-bond donors (Lipinski definition) is 2. The monoisotopic (exact) mass is 244 g/mol. The third kappa shape index (κ3) is 2.27. The average Bonchev–Trinajstić information content (AvgIpc) is 2.84. The molecule has 2 aliphatic rings. The third-order valence-corrected chi connectivity index (χ3v) is 4.13. The summed E-state index contributed by atoms with van der Waals surface area (Å²) >= 11 is 0. The summed E-state index contributed by atoms with van der Waals surface area (Å²) in [6, 6.07) is 8.85. The first-order valence-corrected chi connectivity index (χ1v) is 6.93. The molecular formula is C15H20N2O. The Morgan fingerprint density at radius 1 is 1.39 bits per heavy atom. The van der Waals surface area contributed by atoms with Gasteiger partial charge in [0.25, 0.3) is 0 Å². The molecule has 0 spiro atoms. The highest BCUT2D eigenvalue weighted by molar-refractivity contribution is 5.86. The molecule has 1 aliphatic carbocycles. The quantitative estimate of drug-likeness (QED) is 0.844. The third-order valence-electron chi connectivity index (χ3n) is 4.13. The maximum atomic E-state index is 12.0. The minimum Gasteiger partial charge on any atom is -0.356 e. The van der Waals surface area contributed by atoms with Gasteiger partial charge in [-0.25, -0.2) is 0 Å². The Balaban J connectivity index is 1.45. The van der Waals surface area contributed by atoms with Crippen molar-refractivity contribution in [1.29, 1.82) is 0 Å². The van der Waals surface area contributed by atoms with Crippen molar-refractivity contribution < 1.29 is 4.79 Å². The predicted molar refractivity (Wildman–Crippen MR) is 71.5 cm³/mol. The van der Waals surface area contributed by atoms with E-state index in [1.54, 1.807) is 0 Å². The largest absolute Gasteiger partial charge is 0.356 e. The predicted octanol–water partition coefficient (Wildman–Crippen LogP) is 1.58. The van der Waals surface area contributed by atoms with E-state index in [1.807, 2.05) is 12.1 Å². The second kappa shape index (κ2) is 5.11. The molecule has 1 unspecified atom stereocenters. The maximum Gasteiger partial charge on any atom is 0.227 e. The Morgan fingerprint density at radius 3 is 3.06 bits per heavy atom. The Kier molecular flexibility index (Phi) is 3.33.